The van der Waals surface area contributed by atoms with Gasteiger partial charge in [0.2, 0.25) is 5.91 Å². The Balaban J connectivity index is 1.92. The summed E-state index contributed by atoms with van der Waals surface area (Å²) in [5.41, 5.74) is 2.01. The third kappa shape index (κ3) is 6.33. The molecule has 2 N–H and O–H groups in total. The number of anilines is 1. The molecule has 144 valence electrons. The Morgan fingerprint density at radius 3 is 2.59 bits per heavy atom. The zero-order chi connectivity index (χ0) is 19.8. The first kappa shape index (κ1) is 20.3. The summed E-state index contributed by atoms with van der Waals surface area (Å²) in [6.45, 7) is 6.46. The Morgan fingerprint density at radius 2 is 1.89 bits per heavy atom. The molecule has 2 amide bonds. The van der Waals surface area contributed by atoms with Gasteiger partial charge in [0.15, 0.2) is 0 Å². The Labute approximate surface area is 159 Å². The Kier molecular flexibility index (Phi) is 7.23. The first-order chi connectivity index (χ1) is 12.9. The van der Waals surface area contributed by atoms with E-state index >= 15 is 0 Å². The number of ether oxygens (including phenoxy) is 2. The van der Waals surface area contributed by atoms with Crippen molar-refractivity contribution in [2.45, 2.75) is 20.8 Å². The van der Waals surface area contributed by atoms with Gasteiger partial charge in [0.1, 0.15) is 11.5 Å². The van der Waals surface area contributed by atoms with Crippen molar-refractivity contribution >= 4 is 17.5 Å². The number of aryl methyl sites for hydroxylation is 1. The molecule has 0 spiro atoms. The van der Waals surface area contributed by atoms with E-state index in [4.69, 9.17) is 9.47 Å². The minimum Gasteiger partial charge on any atom is -0.495 e. The number of amides is 2. The molecule has 0 fully saturated rings. The average Bonchev–Trinajstić information content (AvgIpc) is 2.65. The van der Waals surface area contributed by atoms with E-state index in [1.54, 1.807) is 30.3 Å². The van der Waals surface area contributed by atoms with Crippen LogP contribution in [0, 0.1) is 12.8 Å². The lowest BCUT2D eigenvalue weighted by Gasteiger charge is -2.12. The third-order valence-corrected chi connectivity index (χ3v) is 3.72. The van der Waals surface area contributed by atoms with Gasteiger partial charge in [-0.2, -0.15) is 0 Å². The lowest BCUT2D eigenvalue weighted by atomic mass is 10.2. The second-order valence-electron chi connectivity index (χ2n) is 6.67. The van der Waals surface area contributed by atoms with E-state index in [0.717, 1.165) is 5.56 Å². The summed E-state index contributed by atoms with van der Waals surface area (Å²) in [4.78, 5) is 24.5. The van der Waals surface area contributed by atoms with Gasteiger partial charge >= 0.3 is 0 Å². The van der Waals surface area contributed by atoms with E-state index in [9.17, 15) is 9.59 Å². The van der Waals surface area contributed by atoms with Crippen LogP contribution in [0.2, 0.25) is 0 Å². The fraction of sp³-hybridized carbons (Fsp3) is 0.333. The predicted molar refractivity (Wildman–Crippen MR) is 105 cm³/mol. The minimum atomic E-state index is -0.337. The molecule has 0 heterocycles. The second kappa shape index (κ2) is 9.62. The maximum absolute atomic E-state index is 12.3. The highest BCUT2D eigenvalue weighted by atomic mass is 16.5. The molecule has 0 saturated heterocycles. The summed E-state index contributed by atoms with van der Waals surface area (Å²) >= 11 is 0. The molecule has 0 radical (unpaired) electrons. The molecule has 0 aliphatic carbocycles. The first-order valence-corrected chi connectivity index (χ1v) is 8.84. The number of hydrogen-bond acceptors (Lipinski definition) is 4. The van der Waals surface area contributed by atoms with Gasteiger partial charge in [0.25, 0.3) is 5.91 Å². The summed E-state index contributed by atoms with van der Waals surface area (Å²) in [6.07, 6.45) is 0. The normalized spacial score (nSPS) is 10.4. The van der Waals surface area contributed by atoms with Crippen LogP contribution in [0.3, 0.4) is 0 Å². The van der Waals surface area contributed by atoms with Crippen LogP contribution in [0.1, 0.15) is 29.8 Å². The SMILES string of the molecule is COc1ccc(C)cc1NC(=O)CNC(=O)c1cccc(OCC(C)C)c1. The highest BCUT2D eigenvalue weighted by Crippen LogP contribution is 2.25. The maximum Gasteiger partial charge on any atom is 0.251 e. The lowest BCUT2D eigenvalue weighted by molar-refractivity contribution is -0.115. The van der Waals surface area contributed by atoms with Crippen molar-refractivity contribution in [3.8, 4) is 11.5 Å². The van der Waals surface area contributed by atoms with Crippen LogP contribution >= 0.6 is 0 Å². The van der Waals surface area contributed by atoms with Crippen molar-refractivity contribution < 1.29 is 19.1 Å². The third-order valence-electron chi connectivity index (χ3n) is 3.72. The number of hydrogen-bond donors (Lipinski definition) is 2. The molecule has 0 aliphatic rings. The molecule has 27 heavy (non-hydrogen) atoms. The van der Waals surface area contributed by atoms with E-state index in [2.05, 4.69) is 24.5 Å². The fourth-order valence-electron chi connectivity index (χ4n) is 2.37. The molecule has 2 rings (SSSR count). The maximum atomic E-state index is 12.3. The zero-order valence-electron chi connectivity index (χ0n) is 16.2. The van der Waals surface area contributed by atoms with Crippen molar-refractivity contribution in [3.63, 3.8) is 0 Å². The molecule has 0 bridgehead atoms. The Bertz CT molecular complexity index is 803. The molecule has 0 aromatic heterocycles. The van der Waals surface area contributed by atoms with Crippen molar-refractivity contribution in [3.05, 3.63) is 53.6 Å². The van der Waals surface area contributed by atoms with Gasteiger partial charge in [0.05, 0.1) is 25.9 Å². The quantitative estimate of drug-likeness (QED) is 0.747. The van der Waals surface area contributed by atoms with Gasteiger partial charge in [-0.05, 0) is 48.7 Å². The van der Waals surface area contributed by atoms with Crippen molar-refractivity contribution in [2.24, 2.45) is 5.92 Å². The minimum absolute atomic E-state index is 0.146. The molecule has 0 aliphatic heterocycles. The molecule has 2 aromatic rings. The summed E-state index contributed by atoms with van der Waals surface area (Å²) in [5, 5.41) is 5.37. The van der Waals surface area contributed by atoms with Crippen LogP contribution in [0.5, 0.6) is 11.5 Å². The molecule has 0 unspecified atom stereocenters. The van der Waals surface area contributed by atoms with Crippen LogP contribution in [0.25, 0.3) is 0 Å². The largest absolute Gasteiger partial charge is 0.495 e. The van der Waals surface area contributed by atoms with Gasteiger partial charge in [-0.15, -0.1) is 0 Å². The van der Waals surface area contributed by atoms with Gasteiger partial charge < -0.3 is 20.1 Å². The molecular formula is C21H26N2O4. The number of carbonyl (C=O) groups excluding carboxylic acids is 2. The monoisotopic (exact) mass is 370 g/mol. The average molecular weight is 370 g/mol. The van der Waals surface area contributed by atoms with Gasteiger partial charge in [0, 0.05) is 5.56 Å². The van der Waals surface area contributed by atoms with Crippen molar-refractivity contribution in [1.29, 1.82) is 0 Å². The standard InChI is InChI=1S/C21H26N2O4/c1-14(2)13-27-17-7-5-6-16(11-17)21(25)22-12-20(24)23-18-10-15(3)8-9-19(18)26-4/h5-11,14H,12-13H2,1-4H3,(H,22,25)(H,23,24). The highest BCUT2D eigenvalue weighted by Gasteiger charge is 2.11. The molecule has 2 aromatic carbocycles. The number of rotatable bonds is 8. The summed E-state index contributed by atoms with van der Waals surface area (Å²) in [5.74, 6) is 0.918. The topological polar surface area (TPSA) is 76.7 Å². The first-order valence-electron chi connectivity index (χ1n) is 8.84. The second-order valence-corrected chi connectivity index (χ2v) is 6.67. The van der Waals surface area contributed by atoms with Gasteiger partial charge in [-0.25, -0.2) is 0 Å². The fourth-order valence-corrected chi connectivity index (χ4v) is 2.37. The predicted octanol–water partition coefficient (Wildman–Crippen LogP) is 3.41. The highest BCUT2D eigenvalue weighted by molar-refractivity contribution is 6.00. The zero-order valence-corrected chi connectivity index (χ0v) is 16.2. The lowest BCUT2D eigenvalue weighted by Crippen LogP contribution is -2.32. The molecule has 0 saturated carbocycles. The van der Waals surface area contributed by atoms with E-state index < -0.39 is 0 Å². The molecule has 6 nitrogen and oxygen atoms in total. The van der Waals surface area contributed by atoms with Crippen molar-refractivity contribution in [2.75, 3.05) is 25.6 Å². The van der Waals surface area contributed by atoms with Crippen LogP contribution < -0.4 is 20.1 Å². The van der Waals surface area contributed by atoms with Gasteiger partial charge in [-0.1, -0.05) is 26.0 Å². The summed E-state index contributed by atoms with van der Waals surface area (Å²) < 4.78 is 10.9. The van der Waals surface area contributed by atoms with E-state index in [1.165, 1.54) is 7.11 Å². The van der Waals surface area contributed by atoms with Gasteiger partial charge in [-0.3, -0.25) is 9.59 Å². The number of methoxy groups -OCH3 is 1. The number of benzene rings is 2. The summed E-state index contributed by atoms with van der Waals surface area (Å²) in [6, 6.07) is 12.4. The summed E-state index contributed by atoms with van der Waals surface area (Å²) in [7, 11) is 1.54. The molecule has 0 atom stereocenters. The Hall–Kier alpha value is -3.02. The molecule has 6 heteroatoms. The van der Waals surface area contributed by atoms with Crippen LogP contribution in [0.15, 0.2) is 42.5 Å². The van der Waals surface area contributed by atoms with E-state index in [0.29, 0.717) is 35.3 Å². The number of carbonyl (C=O) groups is 2. The van der Waals surface area contributed by atoms with E-state index in [1.807, 2.05) is 19.1 Å². The Morgan fingerprint density at radius 1 is 1.11 bits per heavy atom. The molecular weight excluding hydrogens is 344 g/mol. The van der Waals surface area contributed by atoms with E-state index in [-0.39, 0.29) is 18.4 Å². The van der Waals surface area contributed by atoms with Crippen molar-refractivity contribution in [1.82, 2.24) is 5.32 Å². The van der Waals surface area contributed by atoms with Crippen LogP contribution in [0.4, 0.5) is 5.69 Å². The number of nitrogens with one attached hydrogen (secondary N) is 2. The van der Waals surface area contributed by atoms with Crippen LogP contribution in [-0.4, -0.2) is 32.1 Å². The smallest absolute Gasteiger partial charge is 0.251 e. The van der Waals surface area contributed by atoms with Crippen LogP contribution in [-0.2, 0) is 4.79 Å².